The van der Waals surface area contributed by atoms with Crippen molar-refractivity contribution in [1.82, 2.24) is 5.32 Å². The third-order valence-corrected chi connectivity index (χ3v) is 3.33. The second-order valence-corrected chi connectivity index (χ2v) is 4.52. The van der Waals surface area contributed by atoms with Gasteiger partial charge in [-0.2, -0.15) is 0 Å². The van der Waals surface area contributed by atoms with Gasteiger partial charge in [-0.3, -0.25) is 0 Å². The van der Waals surface area contributed by atoms with Crippen molar-refractivity contribution in [3.05, 3.63) is 0 Å². The van der Waals surface area contributed by atoms with E-state index in [4.69, 9.17) is 0 Å². The Morgan fingerprint density at radius 1 is 1.30 bits per heavy atom. The van der Waals surface area contributed by atoms with E-state index in [1.807, 2.05) is 0 Å². The highest BCUT2D eigenvalue weighted by atomic mass is 15.0. The molecule has 1 nitrogen and oxygen atoms in total. The van der Waals surface area contributed by atoms with E-state index in [0.717, 1.165) is 17.3 Å². The molecule has 1 heterocycles. The summed E-state index contributed by atoms with van der Waals surface area (Å²) in [5, 5.41) is 3.36. The Balaban J connectivity index is 1.82. The van der Waals surface area contributed by atoms with Crippen LogP contribution in [0.4, 0.5) is 0 Å². The molecule has 0 aromatic heterocycles. The summed E-state index contributed by atoms with van der Waals surface area (Å²) in [4.78, 5) is 0. The van der Waals surface area contributed by atoms with Crippen molar-refractivity contribution in [3.8, 4) is 0 Å². The van der Waals surface area contributed by atoms with E-state index in [0.29, 0.717) is 0 Å². The molecule has 1 saturated heterocycles. The van der Waals surface area contributed by atoms with Crippen LogP contribution in [0.3, 0.4) is 0 Å². The average molecular weight is 139 g/mol. The fourth-order valence-corrected chi connectivity index (χ4v) is 2.29. The molecule has 1 saturated carbocycles. The molecule has 1 aliphatic carbocycles. The van der Waals surface area contributed by atoms with E-state index >= 15 is 0 Å². The van der Waals surface area contributed by atoms with Crippen LogP contribution in [-0.2, 0) is 0 Å². The van der Waals surface area contributed by atoms with Gasteiger partial charge in [0.1, 0.15) is 0 Å². The van der Waals surface area contributed by atoms with Crippen molar-refractivity contribution in [2.45, 2.75) is 26.7 Å². The number of rotatable bonds is 1. The van der Waals surface area contributed by atoms with Gasteiger partial charge in [-0.25, -0.2) is 0 Å². The van der Waals surface area contributed by atoms with Crippen LogP contribution in [0.15, 0.2) is 0 Å². The lowest BCUT2D eigenvalue weighted by Crippen LogP contribution is -2.60. The molecule has 0 bridgehead atoms. The summed E-state index contributed by atoms with van der Waals surface area (Å²) < 4.78 is 0. The molecule has 2 fully saturated rings. The molecule has 58 valence electrons. The van der Waals surface area contributed by atoms with Crippen LogP contribution in [0.1, 0.15) is 26.7 Å². The second kappa shape index (κ2) is 1.97. The first-order valence-corrected chi connectivity index (χ1v) is 4.43. The van der Waals surface area contributed by atoms with Crippen LogP contribution in [-0.4, -0.2) is 13.1 Å². The maximum absolute atomic E-state index is 3.36. The van der Waals surface area contributed by atoms with Crippen LogP contribution in [0.5, 0.6) is 0 Å². The Labute approximate surface area is 63.2 Å². The van der Waals surface area contributed by atoms with Crippen LogP contribution >= 0.6 is 0 Å². The third-order valence-electron chi connectivity index (χ3n) is 3.33. The summed E-state index contributed by atoms with van der Waals surface area (Å²) in [5.74, 6) is 1.97. The van der Waals surface area contributed by atoms with Gasteiger partial charge in [-0.1, -0.05) is 13.8 Å². The number of hydrogen-bond donors (Lipinski definition) is 1. The molecule has 0 aromatic rings. The SMILES string of the molecule is CC(C)C1CC2(CNC2)C1. The zero-order valence-electron chi connectivity index (χ0n) is 6.98. The predicted molar refractivity (Wildman–Crippen MR) is 42.9 cm³/mol. The van der Waals surface area contributed by atoms with Crippen molar-refractivity contribution in [2.75, 3.05) is 13.1 Å². The van der Waals surface area contributed by atoms with Gasteiger partial charge in [0.05, 0.1) is 0 Å². The molecule has 1 spiro atoms. The van der Waals surface area contributed by atoms with Gasteiger partial charge >= 0.3 is 0 Å². The molecule has 1 heteroatoms. The van der Waals surface area contributed by atoms with E-state index < -0.39 is 0 Å². The number of hydrogen-bond acceptors (Lipinski definition) is 1. The highest BCUT2D eigenvalue weighted by Gasteiger charge is 2.48. The Hall–Kier alpha value is -0.0400. The molecule has 0 aromatic carbocycles. The predicted octanol–water partition coefficient (Wildman–Crippen LogP) is 1.64. The lowest BCUT2D eigenvalue weighted by atomic mass is 9.56. The Morgan fingerprint density at radius 2 is 1.90 bits per heavy atom. The van der Waals surface area contributed by atoms with E-state index in [2.05, 4.69) is 19.2 Å². The zero-order valence-corrected chi connectivity index (χ0v) is 6.98. The topological polar surface area (TPSA) is 12.0 Å². The summed E-state index contributed by atoms with van der Waals surface area (Å²) in [5.41, 5.74) is 0.787. The van der Waals surface area contributed by atoms with Crippen molar-refractivity contribution < 1.29 is 0 Å². The first-order valence-electron chi connectivity index (χ1n) is 4.43. The van der Waals surface area contributed by atoms with E-state index in [9.17, 15) is 0 Å². The van der Waals surface area contributed by atoms with Crippen molar-refractivity contribution >= 4 is 0 Å². The molecule has 0 unspecified atom stereocenters. The minimum Gasteiger partial charge on any atom is -0.316 e. The summed E-state index contributed by atoms with van der Waals surface area (Å²) in [6.07, 6.45) is 3.00. The Bertz CT molecular complexity index is 128. The van der Waals surface area contributed by atoms with Gasteiger partial charge in [0.25, 0.3) is 0 Å². The van der Waals surface area contributed by atoms with Crippen LogP contribution in [0.25, 0.3) is 0 Å². The lowest BCUT2D eigenvalue weighted by Gasteiger charge is -2.55. The molecule has 10 heavy (non-hydrogen) atoms. The summed E-state index contributed by atoms with van der Waals surface area (Å²) in [7, 11) is 0. The summed E-state index contributed by atoms with van der Waals surface area (Å²) in [6.45, 7) is 7.31. The van der Waals surface area contributed by atoms with E-state index in [-0.39, 0.29) is 0 Å². The average Bonchev–Trinajstić information content (AvgIpc) is 1.54. The van der Waals surface area contributed by atoms with Crippen LogP contribution in [0.2, 0.25) is 0 Å². The normalized spacial score (nSPS) is 30.3. The second-order valence-electron chi connectivity index (χ2n) is 4.52. The minimum absolute atomic E-state index is 0.787. The smallest absolute Gasteiger partial charge is 0.00204 e. The first kappa shape index (κ1) is 6.66. The molecule has 2 aliphatic rings. The third kappa shape index (κ3) is 0.800. The number of nitrogens with one attached hydrogen (secondary N) is 1. The largest absolute Gasteiger partial charge is 0.316 e. The molecular weight excluding hydrogens is 122 g/mol. The Morgan fingerprint density at radius 3 is 2.20 bits per heavy atom. The van der Waals surface area contributed by atoms with Gasteiger partial charge in [0, 0.05) is 13.1 Å². The van der Waals surface area contributed by atoms with E-state index in [1.165, 1.54) is 25.9 Å². The monoisotopic (exact) mass is 139 g/mol. The van der Waals surface area contributed by atoms with E-state index in [1.54, 1.807) is 0 Å². The van der Waals surface area contributed by atoms with Crippen molar-refractivity contribution in [3.63, 3.8) is 0 Å². The standard InChI is InChI=1S/C9H17N/c1-7(2)8-3-9(4-8)5-10-6-9/h7-8,10H,3-6H2,1-2H3. The van der Waals surface area contributed by atoms with Gasteiger partial charge in [-0.05, 0) is 30.1 Å². The van der Waals surface area contributed by atoms with Gasteiger partial charge in [0.15, 0.2) is 0 Å². The summed E-state index contributed by atoms with van der Waals surface area (Å²) in [6, 6.07) is 0. The van der Waals surface area contributed by atoms with Crippen molar-refractivity contribution in [2.24, 2.45) is 17.3 Å². The van der Waals surface area contributed by atoms with Gasteiger partial charge in [0.2, 0.25) is 0 Å². The molecule has 0 amide bonds. The lowest BCUT2D eigenvalue weighted by molar-refractivity contribution is -0.0208. The summed E-state index contributed by atoms with van der Waals surface area (Å²) >= 11 is 0. The molecule has 1 N–H and O–H groups in total. The highest BCUT2D eigenvalue weighted by Crippen LogP contribution is 2.50. The highest BCUT2D eigenvalue weighted by molar-refractivity contribution is 5.02. The quantitative estimate of drug-likeness (QED) is 0.582. The molecule has 2 rings (SSSR count). The first-order chi connectivity index (χ1) is 4.72. The fourth-order valence-electron chi connectivity index (χ4n) is 2.29. The van der Waals surface area contributed by atoms with Crippen molar-refractivity contribution in [1.29, 1.82) is 0 Å². The zero-order chi connectivity index (χ0) is 7.19. The van der Waals surface area contributed by atoms with Crippen LogP contribution < -0.4 is 5.32 Å². The fraction of sp³-hybridized carbons (Fsp3) is 1.00. The maximum Gasteiger partial charge on any atom is 0.00204 e. The van der Waals surface area contributed by atoms with Gasteiger partial charge < -0.3 is 5.32 Å². The van der Waals surface area contributed by atoms with Crippen LogP contribution in [0, 0.1) is 17.3 Å². The molecule has 1 aliphatic heterocycles. The molecular formula is C9H17N. The Kier molecular flexibility index (Phi) is 1.31. The minimum atomic E-state index is 0.787. The molecule has 0 radical (unpaired) electrons. The molecule has 0 atom stereocenters. The van der Waals surface area contributed by atoms with Gasteiger partial charge in [-0.15, -0.1) is 0 Å². The maximum atomic E-state index is 3.36.